The Labute approximate surface area is 168 Å². The predicted octanol–water partition coefficient (Wildman–Crippen LogP) is 5.57. The zero-order chi connectivity index (χ0) is 19.2. The smallest absolute Gasteiger partial charge is 0.340 e. The van der Waals surface area contributed by atoms with Crippen molar-refractivity contribution in [1.82, 2.24) is 0 Å². The average molecular weight is 397 g/mol. The van der Waals surface area contributed by atoms with Crippen LogP contribution in [0.4, 0.5) is 10.7 Å². The maximum atomic E-state index is 12.2. The van der Waals surface area contributed by atoms with E-state index < -0.39 is 5.97 Å². The number of anilines is 2. The second-order valence-electron chi connectivity index (χ2n) is 5.80. The van der Waals surface area contributed by atoms with E-state index >= 15 is 0 Å². The molecule has 0 radical (unpaired) electrons. The van der Waals surface area contributed by atoms with Gasteiger partial charge >= 0.3 is 5.97 Å². The third kappa shape index (κ3) is 4.53. The molecule has 2 aromatic carbocycles. The Morgan fingerprint density at radius 3 is 2.48 bits per heavy atom. The number of hydrogen-bond donors (Lipinski definition) is 2. The minimum Gasteiger partial charge on any atom is -0.465 e. The van der Waals surface area contributed by atoms with E-state index in [1.807, 2.05) is 54.6 Å². The van der Waals surface area contributed by atoms with E-state index in [1.165, 1.54) is 24.0 Å². The Morgan fingerprint density at radius 1 is 1.07 bits per heavy atom. The minimum atomic E-state index is -0.396. The highest BCUT2D eigenvalue weighted by Gasteiger charge is 2.18. The summed E-state index contributed by atoms with van der Waals surface area (Å²) in [5.41, 5.74) is 3.63. The molecule has 27 heavy (non-hydrogen) atoms. The Kier molecular flexibility index (Phi) is 6.21. The SMILES string of the molecule is CCc1ccccc1NC(=S)Nc1sc(-c2ccccc2)cc1C(=O)OC. The van der Waals surface area contributed by atoms with Crippen molar-refractivity contribution in [3.05, 3.63) is 71.8 Å². The van der Waals surface area contributed by atoms with Gasteiger partial charge in [-0.25, -0.2) is 4.79 Å². The lowest BCUT2D eigenvalue weighted by atomic mass is 10.1. The number of thiophene rings is 1. The Hall–Kier alpha value is -2.70. The summed E-state index contributed by atoms with van der Waals surface area (Å²) in [5.74, 6) is -0.396. The molecule has 6 heteroatoms. The third-order valence-electron chi connectivity index (χ3n) is 4.07. The number of para-hydroxylation sites is 1. The summed E-state index contributed by atoms with van der Waals surface area (Å²) in [4.78, 5) is 13.2. The van der Waals surface area contributed by atoms with Gasteiger partial charge in [0.05, 0.1) is 12.7 Å². The molecule has 0 unspecified atom stereocenters. The van der Waals surface area contributed by atoms with E-state index in [0.29, 0.717) is 15.7 Å². The molecule has 0 bridgehead atoms. The fraction of sp³-hybridized carbons (Fsp3) is 0.143. The van der Waals surface area contributed by atoms with Crippen LogP contribution in [-0.2, 0) is 11.2 Å². The van der Waals surface area contributed by atoms with Crippen LogP contribution < -0.4 is 10.6 Å². The first-order valence-electron chi connectivity index (χ1n) is 8.55. The molecule has 0 aliphatic heterocycles. The molecule has 0 saturated carbocycles. The lowest BCUT2D eigenvalue weighted by Crippen LogP contribution is -2.20. The number of esters is 1. The molecule has 0 saturated heterocycles. The number of benzene rings is 2. The van der Waals surface area contributed by atoms with Crippen molar-refractivity contribution in [3.8, 4) is 10.4 Å². The highest BCUT2D eigenvalue weighted by Crippen LogP contribution is 2.36. The number of aryl methyl sites for hydroxylation is 1. The Bertz CT molecular complexity index is 952. The molecule has 1 aromatic heterocycles. The van der Waals surface area contributed by atoms with E-state index in [-0.39, 0.29) is 0 Å². The second kappa shape index (κ2) is 8.79. The number of ether oxygens (including phenoxy) is 1. The second-order valence-corrected chi connectivity index (χ2v) is 7.26. The molecule has 4 nitrogen and oxygen atoms in total. The largest absolute Gasteiger partial charge is 0.465 e. The van der Waals surface area contributed by atoms with Crippen LogP contribution in [0.5, 0.6) is 0 Å². The van der Waals surface area contributed by atoms with Crippen molar-refractivity contribution in [1.29, 1.82) is 0 Å². The lowest BCUT2D eigenvalue weighted by Gasteiger charge is -2.13. The molecular weight excluding hydrogens is 376 g/mol. The van der Waals surface area contributed by atoms with Gasteiger partial charge in [0.15, 0.2) is 5.11 Å². The summed E-state index contributed by atoms with van der Waals surface area (Å²) in [6, 6.07) is 19.7. The Morgan fingerprint density at radius 2 is 1.78 bits per heavy atom. The molecule has 0 aliphatic rings. The highest BCUT2D eigenvalue weighted by atomic mass is 32.1. The van der Waals surface area contributed by atoms with Crippen molar-refractivity contribution in [2.45, 2.75) is 13.3 Å². The summed E-state index contributed by atoms with van der Waals surface area (Å²) in [6.45, 7) is 2.09. The summed E-state index contributed by atoms with van der Waals surface area (Å²) < 4.78 is 4.93. The summed E-state index contributed by atoms with van der Waals surface area (Å²) >= 11 is 6.93. The maximum absolute atomic E-state index is 12.2. The number of carbonyl (C=O) groups is 1. The zero-order valence-corrected chi connectivity index (χ0v) is 16.7. The molecule has 0 atom stereocenters. The van der Waals surface area contributed by atoms with Crippen LogP contribution >= 0.6 is 23.6 Å². The quantitative estimate of drug-likeness (QED) is 0.436. The first kappa shape index (κ1) is 19.1. The van der Waals surface area contributed by atoms with Gasteiger partial charge in [0, 0.05) is 10.6 Å². The first-order chi connectivity index (χ1) is 13.1. The molecule has 138 valence electrons. The number of hydrogen-bond acceptors (Lipinski definition) is 4. The van der Waals surface area contributed by atoms with Crippen LogP contribution in [0.3, 0.4) is 0 Å². The van der Waals surface area contributed by atoms with Gasteiger partial charge in [-0.15, -0.1) is 11.3 Å². The van der Waals surface area contributed by atoms with Gasteiger partial charge in [0.2, 0.25) is 0 Å². The van der Waals surface area contributed by atoms with Gasteiger partial charge in [0.1, 0.15) is 5.00 Å². The van der Waals surface area contributed by atoms with E-state index in [1.54, 1.807) is 0 Å². The summed E-state index contributed by atoms with van der Waals surface area (Å²) in [5, 5.41) is 7.46. The zero-order valence-electron chi connectivity index (χ0n) is 15.1. The third-order valence-corrected chi connectivity index (χ3v) is 5.37. The highest BCUT2D eigenvalue weighted by molar-refractivity contribution is 7.80. The number of rotatable bonds is 5. The van der Waals surface area contributed by atoms with Crippen LogP contribution in [0.15, 0.2) is 60.7 Å². The summed E-state index contributed by atoms with van der Waals surface area (Å²) in [7, 11) is 1.38. The van der Waals surface area contributed by atoms with E-state index in [0.717, 1.165) is 22.5 Å². The molecule has 3 aromatic rings. The van der Waals surface area contributed by atoms with E-state index in [9.17, 15) is 4.79 Å². The number of thiocarbonyl (C=S) groups is 1. The predicted molar refractivity (Wildman–Crippen MR) is 117 cm³/mol. The first-order valence-corrected chi connectivity index (χ1v) is 9.78. The fourth-order valence-corrected chi connectivity index (χ4v) is 4.03. The normalized spacial score (nSPS) is 10.3. The molecule has 0 spiro atoms. The van der Waals surface area contributed by atoms with Crippen LogP contribution in [0, 0.1) is 0 Å². The minimum absolute atomic E-state index is 0.396. The van der Waals surface area contributed by atoms with Gasteiger partial charge in [-0.1, -0.05) is 55.5 Å². The standard InChI is InChI=1S/C21H20N2O2S2/c1-3-14-9-7-8-12-17(14)22-21(26)23-19-16(20(24)25-2)13-18(27-19)15-10-5-4-6-11-15/h4-13H,3H2,1-2H3,(H2,22,23,26). The lowest BCUT2D eigenvalue weighted by molar-refractivity contribution is 0.0602. The van der Waals surface area contributed by atoms with Gasteiger partial charge < -0.3 is 15.4 Å². The molecule has 0 aliphatic carbocycles. The van der Waals surface area contributed by atoms with Gasteiger partial charge in [-0.05, 0) is 41.9 Å². The van der Waals surface area contributed by atoms with Crippen molar-refractivity contribution in [2.75, 3.05) is 17.7 Å². The number of methoxy groups -OCH3 is 1. The molecule has 2 N–H and O–H groups in total. The number of nitrogens with one attached hydrogen (secondary N) is 2. The molecule has 0 fully saturated rings. The van der Waals surface area contributed by atoms with Crippen molar-refractivity contribution in [2.24, 2.45) is 0 Å². The van der Waals surface area contributed by atoms with Crippen molar-refractivity contribution < 1.29 is 9.53 Å². The average Bonchev–Trinajstić information content (AvgIpc) is 3.12. The monoisotopic (exact) mass is 396 g/mol. The summed E-state index contributed by atoms with van der Waals surface area (Å²) in [6.07, 6.45) is 0.899. The van der Waals surface area contributed by atoms with Crippen molar-refractivity contribution >= 4 is 45.3 Å². The van der Waals surface area contributed by atoms with E-state index in [2.05, 4.69) is 23.6 Å². The molecule has 3 rings (SSSR count). The Balaban J connectivity index is 1.85. The number of carbonyl (C=O) groups excluding carboxylic acids is 1. The van der Waals surface area contributed by atoms with Gasteiger partial charge in [0.25, 0.3) is 0 Å². The fourth-order valence-electron chi connectivity index (χ4n) is 2.70. The van der Waals surface area contributed by atoms with Crippen LogP contribution in [0.1, 0.15) is 22.8 Å². The molecule has 1 heterocycles. The van der Waals surface area contributed by atoms with E-state index in [4.69, 9.17) is 17.0 Å². The molecule has 0 amide bonds. The molecular formula is C21H20N2O2S2. The maximum Gasteiger partial charge on any atom is 0.340 e. The van der Waals surface area contributed by atoms with Crippen LogP contribution in [0.2, 0.25) is 0 Å². The van der Waals surface area contributed by atoms with Crippen LogP contribution in [-0.4, -0.2) is 18.2 Å². The van der Waals surface area contributed by atoms with Crippen molar-refractivity contribution in [3.63, 3.8) is 0 Å². The van der Waals surface area contributed by atoms with Gasteiger partial charge in [-0.2, -0.15) is 0 Å². The van der Waals surface area contributed by atoms with Gasteiger partial charge in [-0.3, -0.25) is 0 Å². The van der Waals surface area contributed by atoms with Crippen LogP contribution in [0.25, 0.3) is 10.4 Å². The topological polar surface area (TPSA) is 50.4 Å².